The van der Waals surface area contributed by atoms with Crippen LogP contribution in [0, 0.1) is 0 Å². The molecule has 9 nitrogen and oxygen atoms in total. The lowest BCUT2D eigenvalue weighted by molar-refractivity contribution is 0.0570. The maximum absolute atomic E-state index is 12.8. The Bertz CT molecular complexity index is 842. The molecule has 0 atom stereocenters. The average Bonchev–Trinajstić information content (AvgIpc) is 2.74. The topological polar surface area (TPSA) is 90.5 Å². The number of hydrogen-bond donors (Lipinski definition) is 0. The molecule has 0 N–H and O–H groups in total. The van der Waals surface area contributed by atoms with Gasteiger partial charge in [0, 0.05) is 64.5 Å². The number of amides is 2. The summed E-state index contributed by atoms with van der Waals surface area (Å²) in [5.41, 5.74) is 1.72. The maximum atomic E-state index is 12.8. The van der Waals surface area contributed by atoms with Crippen LogP contribution in [0.2, 0.25) is 0 Å². The standard InChI is InChI=1S/C20H30N4O5S/c1-3-29-20(26)23-12-10-22(11-13-23)19(25)18-6-4-17(5-7-18)16-21-8-14-24(15-9-21)30(2,27)28/h4-7H,3,8-16H2,1-2H3. The number of carbonyl (C=O) groups excluding carboxylic acids is 2. The van der Waals surface area contributed by atoms with E-state index >= 15 is 0 Å². The van der Waals surface area contributed by atoms with Gasteiger partial charge in [0.1, 0.15) is 0 Å². The lowest BCUT2D eigenvalue weighted by Crippen LogP contribution is -2.50. The van der Waals surface area contributed by atoms with Crippen molar-refractivity contribution in [2.75, 3.05) is 65.2 Å². The van der Waals surface area contributed by atoms with E-state index in [1.54, 1.807) is 16.7 Å². The fourth-order valence-corrected chi connectivity index (χ4v) is 4.55. The molecular formula is C20H30N4O5S. The van der Waals surface area contributed by atoms with Crippen LogP contribution >= 0.6 is 0 Å². The van der Waals surface area contributed by atoms with Crippen molar-refractivity contribution in [1.82, 2.24) is 19.0 Å². The van der Waals surface area contributed by atoms with E-state index in [9.17, 15) is 18.0 Å². The molecule has 3 rings (SSSR count). The number of nitrogens with zero attached hydrogens (tertiary/aromatic N) is 4. The molecule has 2 aliphatic heterocycles. The third-order valence-electron chi connectivity index (χ3n) is 5.50. The summed E-state index contributed by atoms with van der Waals surface area (Å²) >= 11 is 0. The van der Waals surface area contributed by atoms with E-state index in [0.29, 0.717) is 64.5 Å². The van der Waals surface area contributed by atoms with Gasteiger partial charge in [-0.3, -0.25) is 9.69 Å². The summed E-state index contributed by atoms with van der Waals surface area (Å²) in [4.78, 5) is 30.1. The lowest BCUT2D eigenvalue weighted by atomic mass is 10.1. The van der Waals surface area contributed by atoms with Crippen LogP contribution in [0.4, 0.5) is 4.79 Å². The molecule has 2 saturated heterocycles. The largest absolute Gasteiger partial charge is 0.450 e. The highest BCUT2D eigenvalue weighted by Gasteiger charge is 2.26. The second-order valence-electron chi connectivity index (χ2n) is 7.61. The zero-order valence-electron chi connectivity index (χ0n) is 17.6. The number of hydrogen-bond acceptors (Lipinski definition) is 6. The molecule has 0 bridgehead atoms. The van der Waals surface area contributed by atoms with Gasteiger partial charge in [-0.2, -0.15) is 4.31 Å². The Morgan fingerprint density at radius 1 is 0.900 bits per heavy atom. The lowest BCUT2D eigenvalue weighted by Gasteiger charge is -2.34. The predicted molar refractivity (Wildman–Crippen MR) is 113 cm³/mol. The second kappa shape index (κ2) is 9.76. The molecule has 0 aliphatic carbocycles. The molecule has 1 aromatic carbocycles. The normalized spacial score (nSPS) is 19.0. The highest BCUT2D eigenvalue weighted by molar-refractivity contribution is 7.88. The van der Waals surface area contributed by atoms with E-state index in [1.807, 2.05) is 24.3 Å². The molecule has 0 spiro atoms. The molecule has 10 heteroatoms. The van der Waals surface area contributed by atoms with Crippen molar-refractivity contribution in [2.45, 2.75) is 13.5 Å². The van der Waals surface area contributed by atoms with Crippen molar-refractivity contribution >= 4 is 22.0 Å². The van der Waals surface area contributed by atoms with E-state index in [0.717, 1.165) is 12.1 Å². The number of benzene rings is 1. The molecule has 0 unspecified atom stereocenters. The Hall–Kier alpha value is -2.17. The van der Waals surface area contributed by atoms with Gasteiger partial charge in [0.15, 0.2) is 0 Å². The Kier molecular flexibility index (Phi) is 7.32. The van der Waals surface area contributed by atoms with Gasteiger partial charge in [-0.1, -0.05) is 12.1 Å². The first-order chi connectivity index (χ1) is 14.3. The molecule has 2 amide bonds. The summed E-state index contributed by atoms with van der Waals surface area (Å²) < 4.78 is 29.7. The first-order valence-corrected chi connectivity index (χ1v) is 12.1. The van der Waals surface area contributed by atoms with Gasteiger partial charge in [-0.25, -0.2) is 13.2 Å². The van der Waals surface area contributed by atoms with Gasteiger partial charge in [-0.05, 0) is 24.6 Å². The summed E-state index contributed by atoms with van der Waals surface area (Å²) in [5.74, 6) is -0.0353. The van der Waals surface area contributed by atoms with Crippen molar-refractivity contribution < 1.29 is 22.7 Å². The van der Waals surface area contributed by atoms with E-state index < -0.39 is 10.0 Å². The SMILES string of the molecule is CCOC(=O)N1CCN(C(=O)c2ccc(CN3CCN(S(C)(=O)=O)CC3)cc2)CC1. The van der Waals surface area contributed by atoms with Crippen LogP contribution in [0.3, 0.4) is 0 Å². The Labute approximate surface area is 178 Å². The molecule has 2 aliphatic rings. The van der Waals surface area contributed by atoms with Crippen LogP contribution in [0.1, 0.15) is 22.8 Å². The summed E-state index contributed by atoms with van der Waals surface area (Å²) in [6, 6.07) is 7.57. The minimum atomic E-state index is -3.12. The molecule has 0 saturated carbocycles. The molecule has 2 heterocycles. The van der Waals surface area contributed by atoms with Crippen molar-refractivity contribution in [2.24, 2.45) is 0 Å². The fraction of sp³-hybridized carbons (Fsp3) is 0.600. The van der Waals surface area contributed by atoms with E-state index in [4.69, 9.17) is 4.74 Å². The zero-order valence-corrected chi connectivity index (χ0v) is 18.4. The number of piperazine rings is 2. The predicted octanol–water partition coefficient (Wildman–Crippen LogP) is 0.678. The first kappa shape index (κ1) is 22.5. The third-order valence-corrected chi connectivity index (χ3v) is 6.80. The molecule has 30 heavy (non-hydrogen) atoms. The summed E-state index contributed by atoms with van der Waals surface area (Å²) in [5, 5.41) is 0. The van der Waals surface area contributed by atoms with Crippen LogP contribution in [0.15, 0.2) is 24.3 Å². The van der Waals surface area contributed by atoms with Gasteiger partial charge in [-0.15, -0.1) is 0 Å². The quantitative estimate of drug-likeness (QED) is 0.672. The minimum absolute atomic E-state index is 0.0353. The van der Waals surface area contributed by atoms with Crippen LogP contribution in [-0.2, 0) is 21.3 Å². The third kappa shape index (κ3) is 5.71. The van der Waals surface area contributed by atoms with Crippen LogP contribution < -0.4 is 0 Å². The molecular weight excluding hydrogens is 408 g/mol. The highest BCUT2D eigenvalue weighted by Crippen LogP contribution is 2.14. The molecule has 2 fully saturated rings. The van der Waals surface area contributed by atoms with Gasteiger partial charge in [0.25, 0.3) is 5.91 Å². The monoisotopic (exact) mass is 438 g/mol. The Balaban J connectivity index is 1.49. The molecule has 0 radical (unpaired) electrons. The summed E-state index contributed by atoms with van der Waals surface area (Å²) in [6.45, 7) is 7.18. The van der Waals surface area contributed by atoms with Gasteiger partial charge in [0.2, 0.25) is 10.0 Å². The van der Waals surface area contributed by atoms with Crippen molar-refractivity contribution in [3.05, 3.63) is 35.4 Å². The zero-order chi connectivity index (χ0) is 21.7. The summed E-state index contributed by atoms with van der Waals surface area (Å²) in [7, 11) is -3.12. The molecule has 1 aromatic rings. The highest BCUT2D eigenvalue weighted by atomic mass is 32.2. The number of rotatable bonds is 5. The van der Waals surface area contributed by atoms with Crippen molar-refractivity contribution in [3.63, 3.8) is 0 Å². The maximum Gasteiger partial charge on any atom is 0.409 e. The first-order valence-electron chi connectivity index (χ1n) is 10.3. The molecule has 0 aromatic heterocycles. The summed E-state index contributed by atoms with van der Waals surface area (Å²) in [6.07, 6.45) is 0.918. The van der Waals surface area contributed by atoms with E-state index in [1.165, 1.54) is 10.6 Å². The Morgan fingerprint density at radius 3 is 2.00 bits per heavy atom. The number of sulfonamides is 1. The van der Waals surface area contributed by atoms with Crippen LogP contribution in [0.25, 0.3) is 0 Å². The van der Waals surface area contributed by atoms with E-state index in [-0.39, 0.29) is 12.0 Å². The smallest absolute Gasteiger partial charge is 0.409 e. The molecule has 166 valence electrons. The average molecular weight is 439 g/mol. The fourth-order valence-electron chi connectivity index (χ4n) is 3.72. The van der Waals surface area contributed by atoms with Crippen LogP contribution in [0.5, 0.6) is 0 Å². The Morgan fingerprint density at radius 2 is 1.47 bits per heavy atom. The number of carbonyl (C=O) groups is 2. The number of ether oxygens (including phenoxy) is 1. The minimum Gasteiger partial charge on any atom is -0.450 e. The van der Waals surface area contributed by atoms with Gasteiger partial charge in [0.05, 0.1) is 12.9 Å². The van der Waals surface area contributed by atoms with E-state index in [2.05, 4.69) is 4.90 Å². The van der Waals surface area contributed by atoms with Crippen molar-refractivity contribution in [1.29, 1.82) is 0 Å². The van der Waals surface area contributed by atoms with Gasteiger partial charge >= 0.3 is 6.09 Å². The van der Waals surface area contributed by atoms with Crippen LogP contribution in [-0.4, -0.2) is 105 Å². The van der Waals surface area contributed by atoms with Gasteiger partial charge < -0.3 is 14.5 Å². The van der Waals surface area contributed by atoms with Crippen molar-refractivity contribution in [3.8, 4) is 0 Å². The second-order valence-corrected chi connectivity index (χ2v) is 9.60.